The van der Waals surface area contributed by atoms with Crippen LogP contribution in [0.2, 0.25) is 0 Å². The topological polar surface area (TPSA) is 55.4 Å². The molecule has 1 aromatic carbocycles. The average Bonchev–Trinajstić information content (AvgIpc) is 2.45. The van der Waals surface area contributed by atoms with Crippen LogP contribution in [-0.2, 0) is 14.6 Å². The maximum absolute atomic E-state index is 12.0. The second-order valence-electron chi connectivity index (χ2n) is 5.12. The minimum Gasteiger partial charge on any atom is -0.380 e. The molecule has 1 aliphatic heterocycles. The highest BCUT2D eigenvalue weighted by Crippen LogP contribution is 2.31. The molecule has 0 aromatic heterocycles. The highest BCUT2D eigenvalue weighted by atomic mass is 32.2. The lowest BCUT2D eigenvalue weighted by Crippen LogP contribution is -2.31. The normalized spacial score (nSPS) is 20.6. The van der Waals surface area contributed by atoms with Gasteiger partial charge in [-0.3, -0.25) is 0 Å². The molecule has 0 bridgehead atoms. The molecule has 0 saturated carbocycles. The van der Waals surface area contributed by atoms with E-state index in [9.17, 15) is 8.42 Å². The molecule has 0 fully saturated rings. The molecule has 1 N–H and O–H groups in total. The van der Waals surface area contributed by atoms with Gasteiger partial charge in [0.1, 0.15) is 0 Å². The van der Waals surface area contributed by atoms with Crippen LogP contribution in [0.25, 0.3) is 0 Å². The Morgan fingerprint density at radius 3 is 2.90 bits per heavy atom. The van der Waals surface area contributed by atoms with Gasteiger partial charge in [-0.25, -0.2) is 8.42 Å². The van der Waals surface area contributed by atoms with Gasteiger partial charge in [0.15, 0.2) is 9.84 Å². The maximum atomic E-state index is 12.0. The van der Waals surface area contributed by atoms with Gasteiger partial charge in [-0.1, -0.05) is 31.5 Å². The van der Waals surface area contributed by atoms with Crippen LogP contribution in [0, 0.1) is 0 Å². The Morgan fingerprint density at radius 1 is 1.30 bits per heavy atom. The third kappa shape index (κ3) is 3.81. The van der Waals surface area contributed by atoms with Crippen molar-refractivity contribution in [2.45, 2.75) is 37.1 Å². The fourth-order valence-electron chi connectivity index (χ4n) is 2.46. The molecule has 5 heteroatoms. The molecular formula is C15H23NO3S. The van der Waals surface area contributed by atoms with E-state index in [0.717, 1.165) is 31.6 Å². The highest BCUT2D eigenvalue weighted by Gasteiger charge is 2.29. The number of ether oxygens (including phenoxy) is 1. The average molecular weight is 297 g/mol. The van der Waals surface area contributed by atoms with E-state index in [1.165, 1.54) is 0 Å². The molecule has 0 radical (unpaired) electrons. The Labute approximate surface area is 121 Å². The number of unbranched alkanes of at least 4 members (excludes halogenated alkanes) is 1. The molecular weight excluding hydrogens is 274 g/mol. The molecule has 2 rings (SSSR count). The van der Waals surface area contributed by atoms with Crippen molar-refractivity contribution >= 4 is 9.84 Å². The van der Waals surface area contributed by atoms with E-state index >= 15 is 0 Å². The van der Waals surface area contributed by atoms with E-state index in [4.69, 9.17) is 4.74 Å². The molecule has 20 heavy (non-hydrogen) atoms. The van der Waals surface area contributed by atoms with Crippen LogP contribution in [-0.4, -0.2) is 33.9 Å². The molecule has 1 atom stereocenters. The van der Waals surface area contributed by atoms with Crippen molar-refractivity contribution < 1.29 is 13.2 Å². The summed E-state index contributed by atoms with van der Waals surface area (Å²) < 4.78 is 29.5. The van der Waals surface area contributed by atoms with Crippen LogP contribution in [0.3, 0.4) is 0 Å². The zero-order chi connectivity index (χ0) is 14.4. The maximum Gasteiger partial charge on any atom is 0.178 e. The number of sulfone groups is 1. The number of hydrogen-bond acceptors (Lipinski definition) is 4. The van der Waals surface area contributed by atoms with E-state index in [1.807, 2.05) is 12.1 Å². The largest absolute Gasteiger partial charge is 0.380 e. The first-order chi connectivity index (χ1) is 9.65. The Hall–Kier alpha value is -0.910. The quantitative estimate of drug-likeness (QED) is 0.785. The van der Waals surface area contributed by atoms with Crippen LogP contribution >= 0.6 is 0 Å². The molecule has 1 aliphatic rings. The van der Waals surface area contributed by atoms with Gasteiger partial charge in [0, 0.05) is 19.2 Å². The summed E-state index contributed by atoms with van der Waals surface area (Å²) in [4.78, 5) is 0.482. The lowest BCUT2D eigenvalue weighted by atomic mass is 10.0. The van der Waals surface area contributed by atoms with Gasteiger partial charge in [-0.05, 0) is 24.5 Å². The zero-order valence-corrected chi connectivity index (χ0v) is 12.8. The summed E-state index contributed by atoms with van der Waals surface area (Å²) in [5.41, 5.74) is 0.896. The van der Waals surface area contributed by atoms with Crippen LogP contribution in [0.4, 0.5) is 0 Å². The first kappa shape index (κ1) is 15.5. The van der Waals surface area contributed by atoms with E-state index in [-0.39, 0.29) is 11.8 Å². The smallest absolute Gasteiger partial charge is 0.178 e. The summed E-state index contributed by atoms with van der Waals surface area (Å²) in [6, 6.07) is 7.40. The molecule has 0 saturated heterocycles. The molecule has 0 spiro atoms. The van der Waals surface area contributed by atoms with Gasteiger partial charge in [-0.2, -0.15) is 0 Å². The van der Waals surface area contributed by atoms with Crippen molar-refractivity contribution in [2.24, 2.45) is 0 Å². The molecule has 1 aromatic rings. The predicted octanol–water partition coefficient (Wildman–Crippen LogP) is 2.31. The number of rotatable bonds is 7. The monoisotopic (exact) mass is 297 g/mol. The van der Waals surface area contributed by atoms with Gasteiger partial charge in [0.2, 0.25) is 0 Å². The molecule has 1 heterocycles. The number of nitrogens with one attached hydrogen (secondary N) is 1. The second kappa shape index (κ2) is 7.20. The van der Waals surface area contributed by atoms with Crippen LogP contribution < -0.4 is 5.32 Å². The standard InChI is InChI=1S/C15H23NO3S/c1-2-3-10-19-11-9-16-14-8-12-20(17,18)15-7-5-4-6-13(14)15/h4-7,14,16H,2-3,8-12H2,1H3. The molecule has 1 unspecified atom stereocenters. The fraction of sp³-hybridized carbons (Fsp3) is 0.600. The lowest BCUT2D eigenvalue weighted by Gasteiger charge is -2.26. The molecule has 112 valence electrons. The van der Waals surface area contributed by atoms with Crippen LogP contribution in [0.5, 0.6) is 0 Å². The minimum absolute atomic E-state index is 0.115. The van der Waals surface area contributed by atoms with Crippen molar-refractivity contribution in [1.82, 2.24) is 5.32 Å². The molecule has 4 nitrogen and oxygen atoms in total. The SMILES string of the molecule is CCCCOCCNC1CCS(=O)(=O)c2ccccc21. The summed E-state index contributed by atoms with van der Waals surface area (Å²) in [5.74, 6) is 0.221. The van der Waals surface area contributed by atoms with Gasteiger partial charge in [0.05, 0.1) is 17.3 Å². The van der Waals surface area contributed by atoms with Crippen LogP contribution in [0.1, 0.15) is 37.8 Å². The van der Waals surface area contributed by atoms with Crippen molar-refractivity contribution in [3.63, 3.8) is 0 Å². The van der Waals surface area contributed by atoms with Gasteiger partial charge < -0.3 is 10.1 Å². The van der Waals surface area contributed by atoms with E-state index in [2.05, 4.69) is 12.2 Å². The summed E-state index contributed by atoms with van der Waals surface area (Å²) in [5, 5.41) is 3.40. The van der Waals surface area contributed by atoms with Gasteiger partial charge >= 0.3 is 0 Å². The first-order valence-electron chi connectivity index (χ1n) is 7.28. The Kier molecular flexibility index (Phi) is 5.57. The minimum atomic E-state index is -3.09. The lowest BCUT2D eigenvalue weighted by molar-refractivity contribution is 0.130. The number of benzene rings is 1. The third-order valence-electron chi connectivity index (χ3n) is 3.58. The second-order valence-corrected chi connectivity index (χ2v) is 7.20. The fourth-order valence-corrected chi connectivity index (χ4v) is 4.08. The van der Waals surface area contributed by atoms with Crippen LogP contribution in [0.15, 0.2) is 29.2 Å². The summed E-state index contributed by atoms with van der Waals surface area (Å²) in [6.07, 6.45) is 2.86. The van der Waals surface area contributed by atoms with Crippen molar-refractivity contribution in [2.75, 3.05) is 25.5 Å². The predicted molar refractivity (Wildman–Crippen MR) is 79.6 cm³/mol. The first-order valence-corrected chi connectivity index (χ1v) is 8.93. The van der Waals surface area contributed by atoms with Crippen molar-refractivity contribution in [3.8, 4) is 0 Å². The summed E-state index contributed by atoms with van der Waals surface area (Å²) >= 11 is 0. The molecule has 0 aliphatic carbocycles. The summed E-state index contributed by atoms with van der Waals surface area (Å²) in [7, 11) is -3.09. The van der Waals surface area contributed by atoms with E-state index < -0.39 is 9.84 Å². The number of hydrogen-bond donors (Lipinski definition) is 1. The Balaban J connectivity index is 1.91. The van der Waals surface area contributed by atoms with E-state index in [0.29, 0.717) is 17.9 Å². The third-order valence-corrected chi connectivity index (χ3v) is 5.40. The van der Waals surface area contributed by atoms with Gasteiger partial charge in [-0.15, -0.1) is 0 Å². The highest BCUT2D eigenvalue weighted by molar-refractivity contribution is 7.91. The number of fused-ring (bicyclic) bond motifs is 1. The molecule has 0 amide bonds. The van der Waals surface area contributed by atoms with E-state index in [1.54, 1.807) is 12.1 Å². The van der Waals surface area contributed by atoms with Crippen molar-refractivity contribution in [3.05, 3.63) is 29.8 Å². The summed E-state index contributed by atoms with van der Waals surface area (Å²) in [6.45, 7) is 4.36. The zero-order valence-electron chi connectivity index (χ0n) is 12.0. The Morgan fingerprint density at radius 2 is 2.10 bits per heavy atom. The van der Waals surface area contributed by atoms with Gasteiger partial charge in [0.25, 0.3) is 0 Å². The Bertz CT molecular complexity index is 528. The van der Waals surface area contributed by atoms with Crippen molar-refractivity contribution in [1.29, 1.82) is 0 Å².